The van der Waals surface area contributed by atoms with Gasteiger partial charge in [-0.25, -0.2) is 4.39 Å². The summed E-state index contributed by atoms with van der Waals surface area (Å²) in [5.74, 6) is 0.191. The maximum absolute atomic E-state index is 12.9. The van der Waals surface area contributed by atoms with E-state index in [9.17, 15) is 9.18 Å². The predicted octanol–water partition coefficient (Wildman–Crippen LogP) is 3.15. The van der Waals surface area contributed by atoms with Crippen molar-refractivity contribution in [2.24, 2.45) is 0 Å². The van der Waals surface area contributed by atoms with Crippen molar-refractivity contribution in [1.82, 2.24) is 5.32 Å². The molecule has 1 N–H and O–H groups in total. The van der Waals surface area contributed by atoms with Crippen LogP contribution in [0.3, 0.4) is 0 Å². The van der Waals surface area contributed by atoms with Gasteiger partial charge in [0, 0.05) is 17.4 Å². The van der Waals surface area contributed by atoms with Crippen LogP contribution in [0.2, 0.25) is 0 Å². The van der Waals surface area contributed by atoms with Gasteiger partial charge < -0.3 is 9.73 Å². The Hall–Kier alpha value is -1.62. The van der Waals surface area contributed by atoms with Crippen LogP contribution in [0.4, 0.5) is 4.39 Å². The molecule has 0 atom stereocenters. The minimum absolute atomic E-state index is 0.242. The van der Waals surface area contributed by atoms with Gasteiger partial charge >= 0.3 is 0 Å². The van der Waals surface area contributed by atoms with Crippen molar-refractivity contribution < 1.29 is 13.6 Å². The van der Waals surface area contributed by atoms with Gasteiger partial charge in [0.15, 0.2) is 0 Å². The Labute approximate surface area is 112 Å². The fraction of sp³-hybridized carbons (Fsp3) is 0.154. The second-order valence-electron chi connectivity index (χ2n) is 3.71. The highest BCUT2D eigenvalue weighted by Gasteiger charge is 2.10. The maximum atomic E-state index is 12.9. The number of nitrogens with one attached hydrogen (secondary N) is 1. The Bertz CT molecular complexity index is 540. The molecule has 1 aromatic heterocycles. The second kappa shape index (κ2) is 5.82. The monoisotopic (exact) mass is 311 g/mol. The van der Waals surface area contributed by atoms with Crippen LogP contribution in [0.1, 0.15) is 16.1 Å². The van der Waals surface area contributed by atoms with E-state index in [1.54, 1.807) is 12.3 Å². The normalized spacial score (nSPS) is 10.3. The number of benzene rings is 1. The molecule has 0 saturated heterocycles. The molecule has 0 bridgehead atoms. The molecule has 0 unspecified atom stereocenters. The van der Waals surface area contributed by atoms with Crippen LogP contribution < -0.4 is 5.32 Å². The summed E-state index contributed by atoms with van der Waals surface area (Å²) in [6.45, 7) is 0.468. The number of halogens is 2. The molecule has 2 aromatic rings. The van der Waals surface area contributed by atoms with Crippen molar-refractivity contribution in [2.75, 3.05) is 6.54 Å². The van der Waals surface area contributed by atoms with E-state index in [1.807, 2.05) is 6.07 Å². The van der Waals surface area contributed by atoms with Crippen LogP contribution in [0.15, 0.2) is 45.5 Å². The molecule has 5 heteroatoms. The number of hydrogen-bond acceptors (Lipinski definition) is 2. The van der Waals surface area contributed by atoms with E-state index in [-0.39, 0.29) is 11.7 Å². The van der Waals surface area contributed by atoms with Crippen LogP contribution >= 0.6 is 15.9 Å². The number of furan rings is 1. The van der Waals surface area contributed by atoms with E-state index in [1.165, 1.54) is 18.2 Å². The minimum Gasteiger partial charge on any atom is -0.469 e. The highest BCUT2D eigenvalue weighted by Crippen LogP contribution is 2.17. The summed E-state index contributed by atoms with van der Waals surface area (Å²) in [7, 11) is 0. The van der Waals surface area contributed by atoms with E-state index < -0.39 is 0 Å². The fourth-order valence-corrected chi connectivity index (χ4v) is 2.05. The van der Waals surface area contributed by atoms with Crippen LogP contribution in [0, 0.1) is 5.82 Å². The van der Waals surface area contributed by atoms with Crippen molar-refractivity contribution in [3.8, 4) is 0 Å². The van der Waals surface area contributed by atoms with E-state index >= 15 is 0 Å². The lowest BCUT2D eigenvalue weighted by atomic mass is 10.2. The quantitative estimate of drug-likeness (QED) is 0.942. The minimum atomic E-state index is -0.381. The van der Waals surface area contributed by atoms with Crippen molar-refractivity contribution in [3.05, 3.63) is 58.2 Å². The first-order chi connectivity index (χ1) is 8.66. The van der Waals surface area contributed by atoms with E-state index in [0.717, 1.165) is 5.76 Å². The van der Waals surface area contributed by atoms with Crippen molar-refractivity contribution in [2.45, 2.75) is 6.42 Å². The zero-order valence-electron chi connectivity index (χ0n) is 9.45. The molecular weight excluding hydrogens is 301 g/mol. The molecule has 0 spiro atoms. The third-order valence-corrected chi connectivity index (χ3v) is 3.07. The topological polar surface area (TPSA) is 42.2 Å². The first-order valence-electron chi connectivity index (χ1n) is 5.42. The largest absolute Gasteiger partial charge is 0.469 e. The predicted molar refractivity (Wildman–Crippen MR) is 68.8 cm³/mol. The van der Waals surface area contributed by atoms with Crippen LogP contribution in [0.5, 0.6) is 0 Å². The maximum Gasteiger partial charge on any atom is 0.252 e. The molecule has 2 rings (SSSR count). The molecule has 3 nitrogen and oxygen atoms in total. The van der Waals surface area contributed by atoms with Gasteiger partial charge in [0.25, 0.3) is 5.91 Å². The molecule has 1 amide bonds. The molecule has 0 aliphatic carbocycles. The zero-order chi connectivity index (χ0) is 13.0. The first kappa shape index (κ1) is 12.8. The van der Waals surface area contributed by atoms with Crippen molar-refractivity contribution in [3.63, 3.8) is 0 Å². The molecule has 0 radical (unpaired) electrons. The molecule has 0 aliphatic rings. The van der Waals surface area contributed by atoms with E-state index in [0.29, 0.717) is 23.0 Å². The molecule has 18 heavy (non-hydrogen) atoms. The van der Waals surface area contributed by atoms with Gasteiger partial charge in [0.2, 0.25) is 0 Å². The average molecular weight is 312 g/mol. The summed E-state index contributed by atoms with van der Waals surface area (Å²) in [5.41, 5.74) is 0.413. The Morgan fingerprint density at radius 2 is 2.22 bits per heavy atom. The highest BCUT2D eigenvalue weighted by atomic mass is 79.9. The lowest BCUT2D eigenvalue weighted by molar-refractivity contribution is 0.0953. The molecule has 1 heterocycles. The summed E-state index contributed by atoms with van der Waals surface area (Å²) in [6.07, 6.45) is 2.21. The summed E-state index contributed by atoms with van der Waals surface area (Å²) in [5, 5.41) is 2.75. The number of carbonyl (C=O) groups is 1. The van der Waals surface area contributed by atoms with Crippen LogP contribution in [-0.2, 0) is 6.42 Å². The molecule has 1 aromatic carbocycles. The van der Waals surface area contributed by atoms with Crippen LogP contribution in [-0.4, -0.2) is 12.5 Å². The van der Waals surface area contributed by atoms with Gasteiger partial charge in [0.1, 0.15) is 11.6 Å². The van der Waals surface area contributed by atoms with Gasteiger partial charge in [0.05, 0.1) is 11.8 Å². The lowest BCUT2D eigenvalue weighted by Gasteiger charge is -2.06. The smallest absolute Gasteiger partial charge is 0.252 e. The molecule has 94 valence electrons. The molecular formula is C13H11BrFNO2. The van der Waals surface area contributed by atoms with Gasteiger partial charge in [-0.15, -0.1) is 0 Å². The Morgan fingerprint density at radius 3 is 2.89 bits per heavy atom. The lowest BCUT2D eigenvalue weighted by Crippen LogP contribution is -2.25. The van der Waals surface area contributed by atoms with Gasteiger partial charge in [-0.3, -0.25) is 4.79 Å². The number of rotatable bonds is 4. The van der Waals surface area contributed by atoms with E-state index in [2.05, 4.69) is 21.2 Å². The fourth-order valence-electron chi connectivity index (χ4n) is 1.52. The van der Waals surface area contributed by atoms with E-state index in [4.69, 9.17) is 4.42 Å². The average Bonchev–Trinajstić information content (AvgIpc) is 2.81. The molecule has 0 aliphatic heterocycles. The summed E-state index contributed by atoms with van der Waals surface area (Å²) < 4.78 is 18.5. The standard InChI is InChI=1S/C13H11BrFNO2/c14-12-8-9(15)3-4-11(12)13(17)16-6-5-10-2-1-7-18-10/h1-4,7-8H,5-6H2,(H,16,17). The highest BCUT2D eigenvalue weighted by molar-refractivity contribution is 9.10. The van der Waals surface area contributed by atoms with Gasteiger partial charge in [-0.2, -0.15) is 0 Å². The number of amides is 1. The van der Waals surface area contributed by atoms with Gasteiger partial charge in [-0.1, -0.05) is 0 Å². The third-order valence-electron chi connectivity index (χ3n) is 2.41. The SMILES string of the molecule is O=C(NCCc1ccco1)c1ccc(F)cc1Br. The first-order valence-corrected chi connectivity index (χ1v) is 6.22. The number of hydrogen-bond donors (Lipinski definition) is 1. The molecule has 0 saturated carbocycles. The summed E-state index contributed by atoms with van der Waals surface area (Å²) in [6, 6.07) is 7.61. The Kier molecular flexibility index (Phi) is 4.15. The Balaban J connectivity index is 1.91. The second-order valence-corrected chi connectivity index (χ2v) is 4.56. The zero-order valence-corrected chi connectivity index (χ0v) is 11.0. The summed E-state index contributed by atoms with van der Waals surface area (Å²) in [4.78, 5) is 11.8. The number of carbonyl (C=O) groups excluding carboxylic acids is 1. The Morgan fingerprint density at radius 1 is 1.39 bits per heavy atom. The third kappa shape index (κ3) is 3.20. The summed E-state index contributed by atoms with van der Waals surface area (Å²) >= 11 is 3.16. The van der Waals surface area contributed by atoms with Crippen molar-refractivity contribution in [1.29, 1.82) is 0 Å². The van der Waals surface area contributed by atoms with Gasteiger partial charge in [-0.05, 0) is 46.3 Å². The molecule has 0 fully saturated rings. The van der Waals surface area contributed by atoms with Crippen LogP contribution in [0.25, 0.3) is 0 Å². The van der Waals surface area contributed by atoms with Crippen molar-refractivity contribution >= 4 is 21.8 Å².